The monoisotopic (exact) mass is 359 g/mol. The van der Waals surface area contributed by atoms with Gasteiger partial charge in [-0.15, -0.1) is 0 Å². The number of hydrogen-bond acceptors (Lipinski definition) is 3. The molecule has 0 spiro atoms. The van der Waals surface area contributed by atoms with E-state index >= 15 is 0 Å². The summed E-state index contributed by atoms with van der Waals surface area (Å²) in [6.45, 7) is 2.69. The standard InChI is InChI=1S/C20H29N3OS/c1-15-8-6-7-9-16(15)13-21-19(24)12-18-14-25-20(23(18)2)22-17-10-4-3-5-11-17/h6-9,17-18H,3-5,10-14H2,1-2H3,(H,21,24). The lowest BCUT2D eigenvalue weighted by atomic mass is 9.96. The summed E-state index contributed by atoms with van der Waals surface area (Å²) in [7, 11) is 2.08. The van der Waals surface area contributed by atoms with Crippen molar-refractivity contribution in [2.24, 2.45) is 4.99 Å². The van der Waals surface area contributed by atoms with Crippen LogP contribution in [0.5, 0.6) is 0 Å². The zero-order chi connectivity index (χ0) is 17.6. The van der Waals surface area contributed by atoms with E-state index in [0.29, 0.717) is 19.0 Å². The summed E-state index contributed by atoms with van der Waals surface area (Å²) >= 11 is 1.81. The summed E-state index contributed by atoms with van der Waals surface area (Å²) in [6, 6.07) is 8.94. The average Bonchev–Trinajstić information content (AvgIpc) is 2.95. The van der Waals surface area contributed by atoms with Crippen molar-refractivity contribution in [2.75, 3.05) is 12.8 Å². The van der Waals surface area contributed by atoms with E-state index in [4.69, 9.17) is 4.99 Å². The summed E-state index contributed by atoms with van der Waals surface area (Å²) in [5.41, 5.74) is 2.41. The zero-order valence-corrected chi connectivity index (χ0v) is 16.1. The average molecular weight is 360 g/mol. The van der Waals surface area contributed by atoms with Gasteiger partial charge in [0, 0.05) is 31.8 Å². The lowest BCUT2D eigenvalue weighted by molar-refractivity contribution is -0.121. The van der Waals surface area contributed by atoms with Gasteiger partial charge >= 0.3 is 0 Å². The van der Waals surface area contributed by atoms with Gasteiger partial charge in [-0.25, -0.2) is 0 Å². The molecule has 0 aromatic heterocycles. The molecule has 1 aromatic carbocycles. The second-order valence-electron chi connectivity index (χ2n) is 7.19. The minimum absolute atomic E-state index is 0.125. The molecule has 2 fully saturated rings. The first-order valence-corrected chi connectivity index (χ1v) is 10.4. The summed E-state index contributed by atoms with van der Waals surface area (Å²) in [5, 5.41) is 4.20. The largest absolute Gasteiger partial charge is 0.352 e. The molecule has 2 aliphatic rings. The van der Waals surface area contributed by atoms with Gasteiger partial charge in [-0.3, -0.25) is 9.79 Å². The van der Waals surface area contributed by atoms with E-state index in [1.807, 2.05) is 23.9 Å². The molecule has 136 valence electrons. The smallest absolute Gasteiger partial charge is 0.222 e. The maximum atomic E-state index is 12.3. The van der Waals surface area contributed by atoms with E-state index in [2.05, 4.69) is 36.3 Å². The molecule has 3 rings (SSSR count). The Morgan fingerprint density at radius 3 is 2.80 bits per heavy atom. The maximum absolute atomic E-state index is 12.3. The van der Waals surface area contributed by atoms with Gasteiger partial charge in [-0.05, 0) is 30.9 Å². The molecule has 1 heterocycles. The molecule has 5 heteroatoms. The number of aryl methyl sites for hydroxylation is 1. The lowest BCUT2D eigenvalue weighted by Gasteiger charge is -2.23. The van der Waals surface area contributed by atoms with E-state index in [-0.39, 0.29) is 11.9 Å². The van der Waals surface area contributed by atoms with Gasteiger partial charge in [0.25, 0.3) is 0 Å². The van der Waals surface area contributed by atoms with Gasteiger partial charge in [-0.1, -0.05) is 55.3 Å². The molecule has 1 saturated carbocycles. The highest BCUT2D eigenvalue weighted by molar-refractivity contribution is 8.14. The van der Waals surface area contributed by atoms with Crippen LogP contribution in [0.2, 0.25) is 0 Å². The molecule has 0 bridgehead atoms. The Hall–Kier alpha value is -1.49. The number of rotatable bonds is 5. The second kappa shape index (κ2) is 8.75. The molecule has 4 nitrogen and oxygen atoms in total. The molecule has 1 atom stereocenters. The first kappa shape index (κ1) is 18.3. The van der Waals surface area contributed by atoms with Gasteiger partial charge in [0.2, 0.25) is 5.91 Å². The summed E-state index contributed by atoms with van der Waals surface area (Å²) in [4.78, 5) is 19.5. The molecule has 1 amide bonds. The Morgan fingerprint density at radius 2 is 2.04 bits per heavy atom. The van der Waals surface area contributed by atoms with Crippen molar-refractivity contribution < 1.29 is 4.79 Å². The number of amidine groups is 1. The molecular weight excluding hydrogens is 330 g/mol. The number of benzene rings is 1. The van der Waals surface area contributed by atoms with Gasteiger partial charge in [0.05, 0.1) is 6.04 Å². The third kappa shape index (κ3) is 5.00. The first-order valence-electron chi connectivity index (χ1n) is 9.38. The van der Waals surface area contributed by atoms with Gasteiger partial charge in [0.1, 0.15) is 0 Å². The van der Waals surface area contributed by atoms with Crippen LogP contribution in [0.3, 0.4) is 0 Å². The fourth-order valence-electron chi connectivity index (χ4n) is 3.52. The van der Waals surface area contributed by atoms with E-state index in [0.717, 1.165) is 10.9 Å². The molecule has 1 unspecified atom stereocenters. The van der Waals surface area contributed by atoms with Crippen molar-refractivity contribution >= 4 is 22.8 Å². The quantitative estimate of drug-likeness (QED) is 0.871. The molecule has 1 aromatic rings. The lowest BCUT2D eigenvalue weighted by Crippen LogP contribution is -2.36. The maximum Gasteiger partial charge on any atom is 0.222 e. The Bertz CT molecular complexity index is 625. The number of carbonyl (C=O) groups is 1. The molecular formula is C20H29N3OS. The highest BCUT2D eigenvalue weighted by Gasteiger charge is 2.29. The molecule has 1 aliphatic heterocycles. The number of hydrogen-bond donors (Lipinski definition) is 1. The molecule has 1 N–H and O–H groups in total. The summed E-state index contributed by atoms with van der Waals surface area (Å²) in [5.74, 6) is 1.08. The van der Waals surface area contributed by atoms with E-state index in [1.54, 1.807) is 0 Å². The van der Waals surface area contributed by atoms with Crippen molar-refractivity contribution in [2.45, 2.75) is 64.1 Å². The van der Waals surface area contributed by atoms with Crippen LogP contribution in [0.4, 0.5) is 0 Å². The Kier molecular flexibility index (Phi) is 6.40. The van der Waals surface area contributed by atoms with Crippen LogP contribution in [0.1, 0.15) is 49.7 Å². The van der Waals surface area contributed by atoms with Crippen molar-refractivity contribution in [3.63, 3.8) is 0 Å². The molecule has 0 radical (unpaired) electrons. The second-order valence-corrected chi connectivity index (χ2v) is 8.17. The van der Waals surface area contributed by atoms with Crippen molar-refractivity contribution in [3.05, 3.63) is 35.4 Å². The van der Waals surface area contributed by atoms with Crippen LogP contribution in [0.15, 0.2) is 29.3 Å². The van der Waals surface area contributed by atoms with Crippen molar-refractivity contribution in [1.82, 2.24) is 10.2 Å². The van der Waals surface area contributed by atoms with Crippen LogP contribution < -0.4 is 5.32 Å². The Labute approximate surface area is 155 Å². The molecule has 1 saturated heterocycles. The third-order valence-electron chi connectivity index (χ3n) is 5.28. The highest BCUT2D eigenvalue weighted by atomic mass is 32.2. The fourth-order valence-corrected chi connectivity index (χ4v) is 4.78. The predicted molar refractivity (Wildman–Crippen MR) is 106 cm³/mol. The van der Waals surface area contributed by atoms with E-state index < -0.39 is 0 Å². The number of nitrogens with one attached hydrogen (secondary N) is 1. The predicted octanol–water partition coefficient (Wildman–Crippen LogP) is 3.74. The minimum atomic E-state index is 0.125. The van der Waals surface area contributed by atoms with Crippen molar-refractivity contribution in [3.8, 4) is 0 Å². The number of amides is 1. The number of aliphatic imine (C=N–C) groups is 1. The Morgan fingerprint density at radius 1 is 1.28 bits per heavy atom. The highest BCUT2D eigenvalue weighted by Crippen LogP contribution is 2.28. The van der Waals surface area contributed by atoms with Crippen molar-refractivity contribution in [1.29, 1.82) is 0 Å². The van der Waals surface area contributed by atoms with Gasteiger partial charge in [-0.2, -0.15) is 0 Å². The fraction of sp³-hybridized carbons (Fsp3) is 0.600. The zero-order valence-electron chi connectivity index (χ0n) is 15.3. The third-order valence-corrected chi connectivity index (χ3v) is 6.48. The SMILES string of the molecule is Cc1ccccc1CNC(=O)CC1CSC(=NC2CCCCC2)N1C. The van der Waals surface area contributed by atoms with E-state index in [1.165, 1.54) is 43.2 Å². The Balaban J connectivity index is 1.48. The first-order chi connectivity index (χ1) is 12.1. The number of carbonyl (C=O) groups excluding carboxylic acids is 1. The van der Waals surface area contributed by atoms with Gasteiger partial charge in [0.15, 0.2) is 5.17 Å². The summed E-state index contributed by atoms with van der Waals surface area (Å²) in [6.07, 6.45) is 6.95. The van der Waals surface area contributed by atoms with Gasteiger partial charge < -0.3 is 10.2 Å². The number of thioether (sulfide) groups is 1. The topological polar surface area (TPSA) is 44.7 Å². The minimum Gasteiger partial charge on any atom is -0.352 e. The number of nitrogens with zero attached hydrogens (tertiary/aromatic N) is 2. The van der Waals surface area contributed by atoms with Crippen LogP contribution >= 0.6 is 11.8 Å². The van der Waals surface area contributed by atoms with Crippen LogP contribution in [0, 0.1) is 6.92 Å². The molecule has 25 heavy (non-hydrogen) atoms. The van der Waals surface area contributed by atoms with E-state index in [9.17, 15) is 4.79 Å². The van der Waals surface area contributed by atoms with Crippen LogP contribution in [-0.2, 0) is 11.3 Å². The van der Waals surface area contributed by atoms with Crippen LogP contribution in [0.25, 0.3) is 0 Å². The molecule has 1 aliphatic carbocycles. The normalized spacial score (nSPS) is 23.2. The summed E-state index contributed by atoms with van der Waals surface area (Å²) < 4.78 is 0. The van der Waals surface area contributed by atoms with Crippen LogP contribution in [-0.4, -0.2) is 40.9 Å².